The van der Waals surface area contributed by atoms with Crippen LogP contribution in [0.25, 0.3) is 0 Å². The highest BCUT2D eigenvalue weighted by Crippen LogP contribution is 2.78. The third kappa shape index (κ3) is 1.14. The monoisotopic (exact) mass is 304 g/mol. The number of ether oxygens (including phenoxy) is 2. The van der Waals surface area contributed by atoms with Crippen molar-refractivity contribution in [1.82, 2.24) is 0 Å². The first kappa shape index (κ1) is 13.2. The topological polar surface area (TPSA) is 38.7 Å². The van der Waals surface area contributed by atoms with Crippen LogP contribution in [-0.4, -0.2) is 22.3 Å². The molecule has 4 saturated carbocycles. The first-order chi connectivity index (χ1) is 10.6. The Balaban J connectivity index is 1.58. The predicted octanol–water partition coefficient (Wildman–Crippen LogP) is 3.74. The van der Waals surface area contributed by atoms with Gasteiger partial charge < -0.3 is 14.6 Å². The third-order valence-electron chi connectivity index (χ3n) is 8.78. The first-order valence-corrected chi connectivity index (χ1v) is 9.77. The van der Waals surface area contributed by atoms with E-state index in [4.69, 9.17) is 9.47 Å². The summed E-state index contributed by atoms with van der Waals surface area (Å²) >= 11 is 0. The van der Waals surface area contributed by atoms with Gasteiger partial charge in [-0.1, -0.05) is 19.3 Å². The van der Waals surface area contributed by atoms with Gasteiger partial charge in [0.1, 0.15) is 0 Å². The minimum atomic E-state index is -0.868. The molecule has 7 aliphatic rings. The molecule has 3 nitrogen and oxygen atoms in total. The molecule has 0 amide bonds. The molecule has 0 aromatic carbocycles. The van der Waals surface area contributed by atoms with Crippen LogP contribution in [0.3, 0.4) is 0 Å². The van der Waals surface area contributed by atoms with Crippen molar-refractivity contribution in [2.24, 2.45) is 23.2 Å². The van der Waals surface area contributed by atoms with Crippen molar-refractivity contribution in [2.75, 3.05) is 0 Å². The lowest BCUT2D eigenvalue weighted by Crippen LogP contribution is -2.82. The minimum Gasteiger partial charge on any atom is -0.365 e. The Morgan fingerprint density at radius 2 is 1.59 bits per heavy atom. The standard InChI is InChI=1S/C19H28O3/c20-19-14-7-10-16(19)12-15-6-2-4-9-18(15,22-19)21-17(16)8-3-1-5-13(17)11-14/h13-15,20H,1-12H2/t13-,14+,15+,16-,17-,18-,19+/m0/s1. The maximum absolute atomic E-state index is 11.7. The Morgan fingerprint density at radius 1 is 0.773 bits per heavy atom. The lowest BCUT2D eigenvalue weighted by atomic mass is 9.46. The second-order valence-corrected chi connectivity index (χ2v) is 9.24. The highest BCUT2D eigenvalue weighted by molar-refractivity contribution is 5.27. The van der Waals surface area contributed by atoms with Gasteiger partial charge in [-0.3, -0.25) is 0 Å². The van der Waals surface area contributed by atoms with E-state index >= 15 is 0 Å². The Morgan fingerprint density at radius 3 is 2.50 bits per heavy atom. The Hall–Kier alpha value is -0.120. The largest absolute Gasteiger partial charge is 0.365 e. The molecular weight excluding hydrogens is 276 g/mol. The second-order valence-electron chi connectivity index (χ2n) is 9.24. The van der Waals surface area contributed by atoms with Crippen LogP contribution >= 0.6 is 0 Å². The summed E-state index contributed by atoms with van der Waals surface area (Å²) in [6, 6.07) is 0. The fourth-order valence-electron chi connectivity index (χ4n) is 8.04. The molecule has 0 aromatic heterocycles. The molecule has 7 fully saturated rings. The number of aliphatic hydroxyl groups is 1. The van der Waals surface area contributed by atoms with Crippen LogP contribution in [-0.2, 0) is 9.47 Å². The fourth-order valence-corrected chi connectivity index (χ4v) is 8.04. The molecule has 0 unspecified atom stereocenters. The fraction of sp³-hybridized carbons (Fsp3) is 1.00. The van der Waals surface area contributed by atoms with E-state index in [1.54, 1.807) is 0 Å². The molecule has 0 aromatic rings. The molecule has 5 bridgehead atoms. The van der Waals surface area contributed by atoms with Crippen LogP contribution in [0.1, 0.15) is 77.0 Å². The Bertz CT molecular complexity index is 535. The van der Waals surface area contributed by atoms with Gasteiger partial charge >= 0.3 is 0 Å². The van der Waals surface area contributed by atoms with Gasteiger partial charge in [-0.05, 0) is 57.3 Å². The predicted molar refractivity (Wildman–Crippen MR) is 80.9 cm³/mol. The van der Waals surface area contributed by atoms with Crippen molar-refractivity contribution in [1.29, 1.82) is 0 Å². The first-order valence-electron chi connectivity index (χ1n) is 9.77. The van der Waals surface area contributed by atoms with Crippen molar-refractivity contribution in [3.63, 3.8) is 0 Å². The normalized spacial score (nSPS) is 65.0. The van der Waals surface area contributed by atoms with Crippen LogP contribution in [0.4, 0.5) is 0 Å². The van der Waals surface area contributed by atoms with E-state index in [0.29, 0.717) is 17.8 Å². The van der Waals surface area contributed by atoms with E-state index in [9.17, 15) is 5.11 Å². The van der Waals surface area contributed by atoms with E-state index < -0.39 is 11.6 Å². The molecule has 1 N–H and O–H groups in total. The molecule has 122 valence electrons. The minimum absolute atomic E-state index is 0.0565. The smallest absolute Gasteiger partial charge is 0.180 e. The molecule has 4 aliphatic carbocycles. The average Bonchev–Trinajstić information content (AvgIpc) is 2.70. The number of rotatable bonds is 0. The van der Waals surface area contributed by atoms with Gasteiger partial charge in [0.25, 0.3) is 0 Å². The highest BCUT2D eigenvalue weighted by atomic mass is 16.8. The molecule has 3 heterocycles. The molecule has 7 rings (SSSR count). The van der Waals surface area contributed by atoms with E-state index in [1.807, 2.05) is 0 Å². The number of hydrogen-bond acceptors (Lipinski definition) is 3. The second kappa shape index (κ2) is 3.75. The maximum Gasteiger partial charge on any atom is 0.180 e. The average molecular weight is 304 g/mol. The summed E-state index contributed by atoms with van der Waals surface area (Å²) in [5.74, 6) is 0.275. The summed E-state index contributed by atoms with van der Waals surface area (Å²) in [7, 11) is 0. The quantitative estimate of drug-likeness (QED) is 0.741. The van der Waals surface area contributed by atoms with Gasteiger partial charge in [-0.15, -0.1) is 0 Å². The van der Waals surface area contributed by atoms with E-state index in [1.165, 1.54) is 51.4 Å². The van der Waals surface area contributed by atoms with Gasteiger partial charge in [-0.25, -0.2) is 0 Å². The van der Waals surface area contributed by atoms with E-state index in [2.05, 4.69) is 0 Å². The van der Waals surface area contributed by atoms with Gasteiger partial charge in [-0.2, -0.15) is 0 Å². The van der Waals surface area contributed by atoms with Crippen LogP contribution in [0.15, 0.2) is 0 Å². The summed E-state index contributed by atoms with van der Waals surface area (Å²) in [6.45, 7) is 0. The summed E-state index contributed by atoms with van der Waals surface area (Å²) in [5, 5.41) is 11.7. The van der Waals surface area contributed by atoms with Crippen LogP contribution in [0, 0.1) is 23.2 Å². The Labute approximate surface area is 132 Å². The van der Waals surface area contributed by atoms with E-state index in [0.717, 1.165) is 25.7 Å². The highest BCUT2D eigenvalue weighted by Gasteiger charge is 2.84. The molecule has 3 spiro atoms. The van der Waals surface area contributed by atoms with Crippen molar-refractivity contribution in [3.8, 4) is 0 Å². The van der Waals surface area contributed by atoms with Gasteiger partial charge in [0, 0.05) is 18.3 Å². The molecule has 3 aliphatic heterocycles. The van der Waals surface area contributed by atoms with Crippen LogP contribution in [0.5, 0.6) is 0 Å². The SMILES string of the molecule is O[C@]12O[C@@]34CCCC[C@@H]3C[C@]13CC[C@@H]2C[C@@H]1CCCC[C@]13O4. The Kier molecular flexibility index (Phi) is 2.25. The zero-order valence-electron chi connectivity index (χ0n) is 13.5. The summed E-state index contributed by atoms with van der Waals surface area (Å²) in [6.07, 6.45) is 14.5. The maximum atomic E-state index is 11.7. The lowest BCUT2D eigenvalue weighted by molar-refractivity contribution is -0.548. The summed E-state index contributed by atoms with van der Waals surface area (Å²) < 4.78 is 13.6. The van der Waals surface area contributed by atoms with Crippen molar-refractivity contribution < 1.29 is 14.6 Å². The van der Waals surface area contributed by atoms with Crippen LogP contribution in [0.2, 0.25) is 0 Å². The van der Waals surface area contributed by atoms with Gasteiger partial charge in [0.2, 0.25) is 0 Å². The van der Waals surface area contributed by atoms with Crippen molar-refractivity contribution in [3.05, 3.63) is 0 Å². The summed E-state index contributed by atoms with van der Waals surface area (Å²) in [5.41, 5.74) is -0.142. The summed E-state index contributed by atoms with van der Waals surface area (Å²) in [4.78, 5) is 0. The molecule has 22 heavy (non-hydrogen) atoms. The van der Waals surface area contributed by atoms with E-state index in [-0.39, 0.29) is 11.0 Å². The van der Waals surface area contributed by atoms with Crippen molar-refractivity contribution in [2.45, 2.75) is 94.2 Å². The molecule has 0 radical (unpaired) electrons. The van der Waals surface area contributed by atoms with Gasteiger partial charge in [0.15, 0.2) is 11.6 Å². The van der Waals surface area contributed by atoms with Gasteiger partial charge in [0.05, 0.1) is 11.0 Å². The zero-order chi connectivity index (χ0) is 14.6. The van der Waals surface area contributed by atoms with Crippen molar-refractivity contribution >= 4 is 0 Å². The molecule has 3 heteroatoms. The molecule has 7 atom stereocenters. The third-order valence-corrected chi connectivity index (χ3v) is 8.78. The van der Waals surface area contributed by atoms with Crippen LogP contribution < -0.4 is 0 Å². The lowest BCUT2D eigenvalue weighted by Gasteiger charge is -2.75. The molecular formula is C19H28O3. The molecule has 3 saturated heterocycles. The number of hydrogen-bond donors (Lipinski definition) is 1. The zero-order valence-corrected chi connectivity index (χ0v) is 13.5.